The molecule has 0 aliphatic rings. The molecule has 0 aliphatic carbocycles. The average Bonchev–Trinajstić information content (AvgIpc) is 3.10. The Hall–Kier alpha value is -2.11. The first-order chi connectivity index (χ1) is 11.2. The molecular formula is C18H24N2O3. The third-order valence-corrected chi connectivity index (χ3v) is 3.65. The third-order valence-electron chi connectivity index (χ3n) is 3.65. The maximum absolute atomic E-state index is 12.5. The predicted molar refractivity (Wildman–Crippen MR) is 88.7 cm³/mol. The van der Waals surface area contributed by atoms with E-state index in [1.807, 2.05) is 37.4 Å². The van der Waals surface area contributed by atoms with Crippen LogP contribution in [0.2, 0.25) is 0 Å². The summed E-state index contributed by atoms with van der Waals surface area (Å²) in [6.45, 7) is 1.50. The molecule has 124 valence electrons. The molecule has 1 amide bonds. The zero-order valence-electron chi connectivity index (χ0n) is 13.4. The summed E-state index contributed by atoms with van der Waals surface area (Å²) in [5.74, 6) is 0.515. The number of furan rings is 1. The van der Waals surface area contributed by atoms with Gasteiger partial charge in [-0.3, -0.25) is 4.79 Å². The van der Waals surface area contributed by atoms with Gasteiger partial charge >= 0.3 is 0 Å². The number of carbonyl (C=O) groups is 1. The molecule has 5 nitrogen and oxygen atoms in total. The second-order valence-corrected chi connectivity index (χ2v) is 5.50. The summed E-state index contributed by atoms with van der Waals surface area (Å²) in [5, 5.41) is 13.3. The minimum absolute atomic E-state index is 0.0368. The van der Waals surface area contributed by atoms with Gasteiger partial charge in [0.1, 0.15) is 11.9 Å². The van der Waals surface area contributed by atoms with Gasteiger partial charge in [-0.1, -0.05) is 30.3 Å². The fourth-order valence-corrected chi connectivity index (χ4v) is 2.41. The van der Waals surface area contributed by atoms with Crippen molar-refractivity contribution >= 4 is 5.91 Å². The molecule has 23 heavy (non-hydrogen) atoms. The van der Waals surface area contributed by atoms with Crippen molar-refractivity contribution in [1.82, 2.24) is 10.2 Å². The molecule has 0 saturated carbocycles. The smallest absolute Gasteiger partial charge is 0.223 e. The second kappa shape index (κ2) is 9.12. The molecule has 0 aliphatic heterocycles. The number of carbonyl (C=O) groups excluding carboxylic acids is 1. The Morgan fingerprint density at radius 1 is 1.26 bits per heavy atom. The van der Waals surface area contributed by atoms with Gasteiger partial charge in [-0.05, 0) is 37.7 Å². The third kappa shape index (κ3) is 5.54. The number of rotatable bonds is 9. The van der Waals surface area contributed by atoms with Gasteiger partial charge in [-0.15, -0.1) is 0 Å². The Labute approximate surface area is 136 Å². The van der Waals surface area contributed by atoms with Crippen LogP contribution in [0, 0.1) is 0 Å². The number of nitrogens with zero attached hydrogens (tertiary/aromatic N) is 1. The number of benzene rings is 1. The summed E-state index contributed by atoms with van der Waals surface area (Å²) in [6.07, 6.45) is 1.94. The van der Waals surface area contributed by atoms with E-state index in [9.17, 15) is 9.90 Å². The van der Waals surface area contributed by atoms with Gasteiger partial charge in [0, 0.05) is 13.0 Å². The van der Waals surface area contributed by atoms with E-state index in [4.69, 9.17) is 4.42 Å². The van der Waals surface area contributed by atoms with E-state index in [2.05, 4.69) is 5.32 Å². The van der Waals surface area contributed by atoms with E-state index >= 15 is 0 Å². The number of hydrogen-bond donors (Lipinski definition) is 2. The average molecular weight is 316 g/mol. The lowest BCUT2D eigenvalue weighted by Crippen LogP contribution is -2.34. The highest BCUT2D eigenvalue weighted by molar-refractivity contribution is 5.76. The Kier molecular flexibility index (Phi) is 6.84. The molecule has 2 N–H and O–H groups in total. The van der Waals surface area contributed by atoms with Crippen LogP contribution in [-0.4, -0.2) is 36.1 Å². The molecule has 1 atom stereocenters. The molecule has 5 heteroatoms. The lowest BCUT2D eigenvalue weighted by molar-refractivity contribution is -0.133. The maximum atomic E-state index is 12.5. The second-order valence-electron chi connectivity index (χ2n) is 5.50. The first kappa shape index (κ1) is 17.2. The monoisotopic (exact) mass is 316 g/mol. The van der Waals surface area contributed by atoms with Crippen molar-refractivity contribution in [2.24, 2.45) is 0 Å². The SMILES string of the molecule is CNCCCC(=O)N(Cc1ccccc1)CC(O)c1ccco1. The summed E-state index contributed by atoms with van der Waals surface area (Å²) < 4.78 is 5.23. The molecule has 1 aromatic heterocycles. The molecule has 1 unspecified atom stereocenters. The van der Waals surface area contributed by atoms with Crippen molar-refractivity contribution in [2.45, 2.75) is 25.5 Å². The van der Waals surface area contributed by atoms with E-state index < -0.39 is 6.10 Å². The van der Waals surface area contributed by atoms with Crippen LogP contribution in [0.4, 0.5) is 0 Å². The molecule has 1 heterocycles. The van der Waals surface area contributed by atoms with Gasteiger partial charge in [0.05, 0.1) is 12.8 Å². The Bertz CT molecular complexity index is 569. The Morgan fingerprint density at radius 2 is 2.04 bits per heavy atom. The van der Waals surface area contributed by atoms with Crippen LogP contribution >= 0.6 is 0 Å². The number of amides is 1. The first-order valence-corrected chi connectivity index (χ1v) is 7.88. The summed E-state index contributed by atoms with van der Waals surface area (Å²) in [6, 6.07) is 13.2. The predicted octanol–water partition coefficient (Wildman–Crippen LogP) is 2.34. The van der Waals surface area contributed by atoms with E-state index in [0.717, 1.165) is 18.5 Å². The van der Waals surface area contributed by atoms with Crippen molar-refractivity contribution < 1.29 is 14.3 Å². The molecule has 0 bridgehead atoms. The van der Waals surface area contributed by atoms with Crippen LogP contribution in [0.15, 0.2) is 53.1 Å². The highest BCUT2D eigenvalue weighted by Gasteiger charge is 2.20. The quantitative estimate of drug-likeness (QED) is 0.697. The van der Waals surface area contributed by atoms with Gasteiger partial charge in [0.15, 0.2) is 0 Å². The van der Waals surface area contributed by atoms with Crippen LogP contribution in [0.1, 0.15) is 30.3 Å². The minimum Gasteiger partial charge on any atom is -0.467 e. The molecule has 0 radical (unpaired) electrons. The topological polar surface area (TPSA) is 65.7 Å². The standard InChI is InChI=1S/C18H24N2O3/c1-19-11-5-10-18(22)20(13-15-7-3-2-4-8-15)14-16(21)17-9-6-12-23-17/h2-4,6-9,12,16,19,21H,5,10-11,13-14H2,1H3. The van der Waals surface area contributed by atoms with Crippen molar-refractivity contribution in [3.8, 4) is 0 Å². The number of hydrogen-bond acceptors (Lipinski definition) is 4. The van der Waals surface area contributed by atoms with Gasteiger partial charge < -0.3 is 19.7 Å². The molecule has 0 saturated heterocycles. The maximum Gasteiger partial charge on any atom is 0.223 e. The van der Waals surface area contributed by atoms with E-state index in [-0.39, 0.29) is 12.5 Å². The highest BCUT2D eigenvalue weighted by atomic mass is 16.4. The van der Waals surface area contributed by atoms with Crippen LogP contribution in [0.3, 0.4) is 0 Å². The summed E-state index contributed by atoms with van der Waals surface area (Å²) in [7, 11) is 1.87. The van der Waals surface area contributed by atoms with Crippen molar-refractivity contribution in [2.75, 3.05) is 20.1 Å². The van der Waals surface area contributed by atoms with Crippen LogP contribution in [0.25, 0.3) is 0 Å². The largest absolute Gasteiger partial charge is 0.467 e. The lowest BCUT2D eigenvalue weighted by atomic mass is 10.1. The normalized spacial score (nSPS) is 12.1. The fourth-order valence-electron chi connectivity index (χ4n) is 2.41. The number of nitrogens with one attached hydrogen (secondary N) is 1. The minimum atomic E-state index is -0.818. The Morgan fingerprint density at radius 3 is 2.70 bits per heavy atom. The van der Waals surface area contributed by atoms with Gasteiger partial charge in [0.25, 0.3) is 0 Å². The lowest BCUT2D eigenvalue weighted by Gasteiger charge is -2.25. The van der Waals surface area contributed by atoms with Crippen molar-refractivity contribution in [3.63, 3.8) is 0 Å². The van der Waals surface area contributed by atoms with E-state index in [0.29, 0.717) is 18.7 Å². The fraction of sp³-hybridized carbons (Fsp3) is 0.389. The zero-order valence-corrected chi connectivity index (χ0v) is 13.4. The van der Waals surface area contributed by atoms with Gasteiger partial charge in [-0.25, -0.2) is 0 Å². The van der Waals surface area contributed by atoms with Crippen molar-refractivity contribution in [1.29, 1.82) is 0 Å². The number of aliphatic hydroxyl groups is 1. The molecule has 0 spiro atoms. The van der Waals surface area contributed by atoms with E-state index in [1.54, 1.807) is 17.0 Å². The van der Waals surface area contributed by atoms with Gasteiger partial charge in [-0.2, -0.15) is 0 Å². The van der Waals surface area contributed by atoms with E-state index in [1.165, 1.54) is 6.26 Å². The van der Waals surface area contributed by atoms with Gasteiger partial charge in [0.2, 0.25) is 5.91 Å². The van der Waals surface area contributed by atoms with Crippen LogP contribution in [0.5, 0.6) is 0 Å². The molecular weight excluding hydrogens is 292 g/mol. The summed E-state index contributed by atoms with van der Waals surface area (Å²) in [5.41, 5.74) is 1.04. The van der Waals surface area contributed by atoms with Crippen LogP contribution < -0.4 is 5.32 Å². The molecule has 2 aromatic rings. The number of aliphatic hydroxyl groups excluding tert-OH is 1. The molecule has 2 rings (SSSR count). The highest BCUT2D eigenvalue weighted by Crippen LogP contribution is 2.17. The molecule has 0 fully saturated rings. The van der Waals surface area contributed by atoms with Crippen LogP contribution in [-0.2, 0) is 11.3 Å². The zero-order chi connectivity index (χ0) is 16.5. The summed E-state index contributed by atoms with van der Waals surface area (Å²) in [4.78, 5) is 14.2. The Balaban J connectivity index is 2.02. The molecule has 1 aromatic carbocycles. The van der Waals surface area contributed by atoms with Crippen molar-refractivity contribution in [3.05, 3.63) is 60.1 Å². The summed E-state index contributed by atoms with van der Waals surface area (Å²) >= 11 is 0. The first-order valence-electron chi connectivity index (χ1n) is 7.88.